The average molecular weight is 174 g/mol. The van der Waals surface area contributed by atoms with Crippen LogP contribution < -0.4 is 0 Å². The first-order valence-corrected chi connectivity index (χ1v) is 2.60. The number of hydrogen-bond donors (Lipinski definition) is 0. The predicted molar refractivity (Wildman–Crippen MR) is 24.8 cm³/mol. The maximum atomic E-state index is 12.4. The highest BCUT2D eigenvalue weighted by Gasteiger charge is 2.58. The van der Waals surface area contributed by atoms with Crippen LogP contribution in [0.4, 0.5) is 22.0 Å². The lowest BCUT2D eigenvalue weighted by Gasteiger charge is -2.13. The van der Waals surface area contributed by atoms with Gasteiger partial charge in [0, 0.05) is 6.92 Å². The van der Waals surface area contributed by atoms with E-state index in [0.29, 0.717) is 6.92 Å². The van der Waals surface area contributed by atoms with Gasteiger partial charge in [-0.15, -0.1) is 0 Å². The molecule has 0 N–H and O–H groups in total. The Morgan fingerprint density at radius 2 is 1.55 bits per heavy atom. The maximum Gasteiger partial charge on any atom is 0.415 e. The van der Waals surface area contributed by atoms with Crippen LogP contribution >= 0.6 is 0 Å². The summed E-state index contributed by atoms with van der Waals surface area (Å²) in [7, 11) is 0. The van der Waals surface area contributed by atoms with Gasteiger partial charge in [0.2, 0.25) is 11.7 Å². The Morgan fingerprint density at radius 3 is 1.64 bits per heavy atom. The van der Waals surface area contributed by atoms with E-state index in [1.807, 2.05) is 0 Å². The molecule has 11 heavy (non-hydrogen) atoms. The molecule has 1 aliphatic rings. The minimum absolute atomic E-state index is 0.364. The minimum Gasteiger partial charge on any atom is -0.270 e. The van der Waals surface area contributed by atoms with Crippen LogP contribution in [0.5, 0.6) is 0 Å². The molecule has 0 aromatic rings. The van der Waals surface area contributed by atoms with Gasteiger partial charge in [-0.2, -0.15) is 13.2 Å². The Morgan fingerprint density at radius 1 is 1.09 bits per heavy atom. The minimum atomic E-state index is -4.48. The van der Waals surface area contributed by atoms with Crippen molar-refractivity contribution >= 4 is 0 Å². The summed E-state index contributed by atoms with van der Waals surface area (Å²) in [5.74, 6) is -8.06. The molecule has 64 valence electrons. The molecule has 0 radical (unpaired) electrons. The molecule has 0 aromatic carbocycles. The van der Waals surface area contributed by atoms with E-state index in [-0.39, 0.29) is 0 Å². The molecule has 1 aliphatic heterocycles. The van der Waals surface area contributed by atoms with Gasteiger partial charge in [0.1, 0.15) is 0 Å². The van der Waals surface area contributed by atoms with E-state index in [4.69, 9.17) is 0 Å². The summed E-state index contributed by atoms with van der Waals surface area (Å²) in [6, 6.07) is 0. The molecule has 0 fully saturated rings. The van der Waals surface area contributed by atoms with Gasteiger partial charge in [0.25, 0.3) is 5.85 Å². The summed E-state index contributed by atoms with van der Waals surface area (Å²) < 4.78 is 63.5. The van der Waals surface area contributed by atoms with Crippen LogP contribution in [-0.4, -0.2) is 12.0 Å². The standard InChI is InChI=1S/C5H3F5O/c1-4(8)2(6)3(7)5(9,10)11-4/h1H3. The Bertz CT molecular complexity index is 197. The van der Waals surface area contributed by atoms with E-state index in [1.54, 1.807) is 0 Å². The molecule has 0 bridgehead atoms. The highest BCUT2D eigenvalue weighted by Crippen LogP contribution is 2.46. The molecule has 0 saturated carbocycles. The lowest BCUT2D eigenvalue weighted by Crippen LogP contribution is -2.25. The molecule has 1 heterocycles. The monoisotopic (exact) mass is 174 g/mol. The summed E-state index contributed by atoms with van der Waals surface area (Å²) in [5.41, 5.74) is 0. The molecule has 1 unspecified atom stereocenters. The summed E-state index contributed by atoms with van der Waals surface area (Å²) in [6.45, 7) is 0.364. The topological polar surface area (TPSA) is 9.23 Å². The highest BCUT2D eigenvalue weighted by molar-refractivity contribution is 5.18. The van der Waals surface area contributed by atoms with Crippen LogP contribution in [0.15, 0.2) is 11.7 Å². The maximum absolute atomic E-state index is 12.4. The number of ether oxygens (including phenoxy) is 1. The van der Waals surface area contributed by atoms with Crippen molar-refractivity contribution in [2.75, 3.05) is 0 Å². The summed E-state index contributed by atoms with van der Waals surface area (Å²) in [5, 5.41) is 0. The third kappa shape index (κ3) is 1.11. The van der Waals surface area contributed by atoms with Crippen LogP contribution in [0.25, 0.3) is 0 Å². The molecular formula is C5H3F5O. The average Bonchev–Trinajstić information content (AvgIpc) is 1.91. The van der Waals surface area contributed by atoms with Gasteiger partial charge < -0.3 is 0 Å². The van der Waals surface area contributed by atoms with Crippen LogP contribution in [0, 0.1) is 0 Å². The number of halogens is 5. The van der Waals surface area contributed by atoms with Gasteiger partial charge in [-0.25, -0.2) is 8.78 Å². The summed E-state index contributed by atoms with van der Waals surface area (Å²) in [6.07, 6.45) is -4.48. The zero-order valence-corrected chi connectivity index (χ0v) is 5.30. The van der Waals surface area contributed by atoms with Gasteiger partial charge in [-0.3, -0.25) is 4.74 Å². The first kappa shape index (κ1) is 8.45. The van der Waals surface area contributed by atoms with Crippen LogP contribution in [0.2, 0.25) is 0 Å². The molecule has 1 rings (SSSR count). The molecule has 0 spiro atoms. The van der Waals surface area contributed by atoms with Crippen molar-refractivity contribution in [2.45, 2.75) is 18.9 Å². The quantitative estimate of drug-likeness (QED) is 0.512. The van der Waals surface area contributed by atoms with Crippen LogP contribution in [0.1, 0.15) is 6.92 Å². The van der Waals surface area contributed by atoms with Gasteiger partial charge in [-0.1, -0.05) is 0 Å². The predicted octanol–water partition coefficient (Wildman–Crippen LogP) is 2.45. The van der Waals surface area contributed by atoms with E-state index in [1.165, 1.54) is 0 Å². The third-order valence-corrected chi connectivity index (χ3v) is 1.16. The first-order chi connectivity index (χ1) is 4.77. The van der Waals surface area contributed by atoms with E-state index in [2.05, 4.69) is 4.74 Å². The van der Waals surface area contributed by atoms with E-state index >= 15 is 0 Å². The molecule has 1 atom stereocenters. The fourth-order valence-corrected chi connectivity index (χ4v) is 0.654. The van der Waals surface area contributed by atoms with Crippen molar-refractivity contribution in [3.63, 3.8) is 0 Å². The molecule has 6 heteroatoms. The normalized spacial score (nSPS) is 36.5. The van der Waals surface area contributed by atoms with Gasteiger partial charge >= 0.3 is 6.11 Å². The van der Waals surface area contributed by atoms with Gasteiger partial charge in [-0.05, 0) is 0 Å². The van der Waals surface area contributed by atoms with Crippen molar-refractivity contribution < 1.29 is 26.7 Å². The molecule has 0 saturated heterocycles. The van der Waals surface area contributed by atoms with E-state index in [9.17, 15) is 22.0 Å². The SMILES string of the molecule is CC1(F)OC(F)(F)C(F)=C1F. The van der Waals surface area contributed by atoms with Gasteiger partial charge in [0.05, 0.1) is 0 Å². The van der Waals surface area contributed by atoms with Crippen molar-refractivity contribution in [2.24, 2.45) is 0 Å². The van der Waals surface area contributed by atoms with Crippen LogP contribution in [0.3, 0.4) is 0 Å². The number of alkyl halides is 3. The lowest BCUT2D eigenvalue weighted by atomic mass is 10.3. The lowest BCUT2D eigenvalue weighted by molar-refractivity contribution is -0.279. The van der Waals surface area contributed by atoms with Gasteiger partial charge in [0.15, 0.2) is 0 Å². The van der Waals surface area contributed by atoms with E-state index < -0.39 is 23.6 Å². The summed E-state index contributed by atoms with van der Waals surface area (Å²) in [4.78, 5) is 0. The van der Waals surface area contributed by atoms with Crippen molar-refractivity contribution in [1.29, 1.82) is 0 Å². The second-order valence-electron chi connectivity index (χ2n) is 2.16. The first-order valence-electron chi connectivity index (χ1n) is 2.60. The molecule has 0 aliphatic carbocycles. The third-order valence-electron chi connectivity index (χ3n) is 1.16. The largest absolute Gasteiger partial charge is 0.415 e. The Hall–Kier alpha value is -0.650. The highest BCUT2D eigenvalue weighted by atomic mass is 19.3. The smallest absolute Gasteiger partial charge is 0.270 e. The molecule has 1 nitrogen and oxygen atoms in total. The second kappa shape index (κ2) is 1.94. The van der Waals surface area contributed by atoms with Crippen molar-refractivity contribution in [3.05, 3.63) is 11.7 Å². The molecular weight excluding hydrogens is 171 g/mol. The zero-order chi connectivity index (χ0) is 8.86. The number of rotatable bonds is 0. The zero-order valence-electron chi connectivity index (χ0n) is 5.30. The fourth-order valence-electron chi connectivity index (χ4n) is 0.654. The molecule has 0 aromatic heterocycles. The van der Waals surface area contributed by atoms with Crippen molar-refractivity contribution in [1.82, 2.24) is 0 Å². The molecule has 0 amide bonds. The second-order valence-corrected chi connectivity index (χ2v) is 2.16. The Balaban J connectivity index is 3.09. The Labute approximate surface area is 58.4 Å². The Kier molecular flexibility index (Phi) is 1.49. The van der Waals surface area contributed by atoms with E-state index in [0.717, 1.165) is 0 Å². The number of hydrogen-bond acceptors (Lipinski definition) is 1. The van der Waals surface area contributed by atoms with Crippen LogP contribution in [-0.2, 0) is 4.74 Å². The summed E-state index contributed by atoms with van der Waals surface area (Å²) >= 11 is 0. The van der Waals surface area contributed by atoms with Crippen molar-refractivity contribution in [3.8, 4) is 0 Å². The fraction of sp³-hybridized carbons (Fsp3) is 0.600.